The normalized spacial score (nSPS) is 11.6. The number of amides is 1. The molecule has 0 saturated heterocycles. The number of carbonyl (C=O) groups is 1. The number of hydrogen-bond acceptors (Lipinski definition) is 3. The number of benzene rings is 1. The number of pyridine rings is 1. The van der Waals surface area contributed by atoms with Crippen LogP contribution in [0, 0.1) is 6.92 Å². The number of aryl methyl sites for hydroxylation is 1. The Kier molecular flexibility index (Phi) is 3.53. The summed E-state index contributed by atoms with van der Waals surface area (Å²) in [5, 5.41) is 3.86. The minimum Gasteiger partial charge on any atom is -0.325 e. The molecule has 0 aliphatic carbocycles. The lowest BCUT2D eigenvalue weighted by molar-refractivity contribution is -0.117. The van der Waals surface area contributed by atoms with E-state index in [1.165, 1.54) is 0 Å². The van der Waals surface area contributed by atoms with Crippen LogP contribution in [0.4, 0.5) is 5.69 Å². The van der Waals surface area contributed by atoms with Crippen LogP contribution in [0.3, 0.4) is 0 Å². The molecule has 0 saturated carbocycles. The van der Waals surface area contributed by atoms with Gasteiger partial charge in [0.25, 0.3) is 0 Å². The van der Waals surface area contributed by atoms with Gasteiger partial charge in [0.15, 0.2) is 0 Å². The van der Waals surface area contributed by atoms with Gasteiger partial charge >= 0.3 is 0 Å². The third kappa shape index (κ3) is 3.29. The zero-order valence-electron chi connectivity index (χ0n) is 11.5. The molecule has 0 aliphatic rings. The second kappa shape index (κ2) is 4.97. The Bertz CT molecular complexity index is 614. The van der Waals surface area contributed by atoms with E-state index in [0.29, 0.717) is 0 Å². The molecule has 19 heavy (non-hydrogen) atoms. The van der Waals surface area contributed by atoms with Gasteiger partial charge in [0.1, 0.15) is 0 Å². The molecular weight excluding hydrogens is 238 g/mol. The molecule has 1 amide bonds. The van der Waals surface area contributed by atoms with Crippen molar-refractivity contribution in [1.29, 1.82) is 0 Å². The SMILES string of the molecule is Cc1ccc(NC(=O)CC(C)(C)N)c2cccnc12. The van der Waals surface area contributed by atoms with Crippen molar-refractivity contribution in [2.75, 3.05) is 5.32 Å². The first-order chi connectivity index (χ1) is 8.87. The maximum Gasteiger partial charge on any atom is 0.226 e. The van der Waals surface area contributed by atoms with E-state index in [4.69, 9.17) is 5.73 Å². The van der Waals surface area contributed by atoms with E-state index in [1.54, 1.807) is 6.20 Å². The Hall–Kier alpha value is -1.94. The van der Waals surface area contributed by atoms with Crippen molar-refractivity contribution in [2.45, 2.75) is 32.7 Å². The minimum atomic E-state index is -0.511. The first kappa shape index (κ1) is 13.5. The van der Waals surface area contributed by atoms with Gasteiger partial charge in [-0.2, -0.15) is 0 Å². The van der Waals surface area contributed by atoms with Gasteiger partial charge in [-0.25, -0.2) is 0 Å². The molecule has 2 rings (SSSR count). The van der Waals surface area contributed by atoms with Gasteiger partial charge in [0.05, 0.1) is 11.2 Å². The third-order valence-corrected chi connectivity index (χ3v) is 2.86. The van der Waals surface area contributed by atoms with Crippen molar-refractivity contribution in [3.8, 4) is 0 Å². The first-order valence-corrected chi connectivity index (χ1v) is 6.30. The quantitative estimate of drug-likeness (QED) is 0.888. The molecule has 2 aromatic rings. The van der Waals surface area contributed by atoms with Crippen LogP contribution in [0.25, 0.3) is 10.9 Å². The summed E-state index contributed by atoms with van der Waals surface area (Å²) in [5.41, 5.74) is 8.12. The summed E-state index contributed by atoms with van der Waals surface area (Å²) >= 11 is 0. The highest BCUT2D eigenvalue weighted by Crippen LogP contribution is 2.24. The van der Waals surface area contributed by atoms with Crippen LogP contribution in [0.2, 0.25) is 0 Å². The number of fused-ring (bicyclic) bond motifs is 1. The van der Waals surface area contributed by atoms with E-state index in [-0.39, 0.29) is 12.3 Å². The Morgan fingerprint density at radius 2 is 2.11 bits per heavy atom. The second-order valence-corrected chi connectivity index (χ2v) is 5.54. The van der Waals surface area contributed by atoms with Crippen molar-refractivity contribution < 1.29 is 4.79 Å². The molecular formula is C15H19N3O. The van der Waals surface area contributed by atoms with E-state index in [1.807, 2.05) is 45.0 Å². The van der Waals surface area contributed by atoms with Gasteiger partial charge < -0.3 is 11.1 Å². The molecule has 3 N–H and O–H groups in total. The molecule has 0 unspecified atom stereocenters. The zero-order chi connectivity index (χ0) is 14.0. The van der Waals surface area contributed by atoms with Gasteiger partial charge in [0.2, 0.25) is 5.91 Å². The van der Waals surface area contributed by atoms with Crippen LogP contribution >= 0.6 is 0 Å². The standard InChI is InChI=1S/C15H19N3O/c1-10-6-7-12(11-5-4-8-17-14(10)11)18-13(19)9-15(2,3)16/h4-8H,9,16H2,1-3H3,(H,18,19). The van der Waals surface area contributed by atoms with E-state index >= 15 is 0 Å². The second-order valence-electron chi connectivity index (χ2n) is 5.54. The summed E-state index contributed by atoms with van der Waals surface area (Å²) in [6, 6.07) is 7.68. The molecule has 0 bridgehead atoms. The highest BCUT2D eigenvalue weighted by atomic mass is 16.1. The summed E-state index contributed by atoms with van der Waals surface area (Å²) in [6.45, 7) is 5.67. The van der Waals surface area contributed by atoms with E-state index < -0.39 is 5.54 Å². The number of nitrogens with zero attached hydrogens (tertiary/aromatic N) is 1. The van der Waals surface area contributed by atoms with Crippen molar-refractivity contribution in [2.24, 2.45) is 5.73 Å². The highest BCUT2D eigenvalue weighted by Gasteiger charge is 2.17. The third-order valence-electron chi connectivity index (χ3n) is 2.86. The molecule has 1 aromatic heterocycles. The lowest BCUT2D eigenvalue weighted by atomic mass is 10.0. The predicted molar refractivity (Wildman–Crippen MR) is 78.0 cm³/mol. The van der Waals surface area contributed by atoms with E-state index in [9.17, 15) is 4.79 Å². The lowest BCUT2D eigenvalue weighted by Gasteiger charge is -2.18. The van der Waals surface area contributed by atoms with Crippen LogP contribution < -0.4 is 11.1 Å². The zero-order valence-corrected chi connectivity index (χ0v) is 11.5. The number of anilines is 1. The topological polar surface area (TPSA) is 68.0 Å². The molecule has 0 atom stereocenters. The van der Waals surface area contributed by atoms with Crippen LogP contribution in [-0.2, 0) is 4.79 Å². The van der Waals surface area contributed by atoms with Crippen molar-refractivity contribution in [3.63, 3.8) is 0 Å². The van der Waals surface area contributed by atoms with Crippen molar-refractivity contribution >= 4 is 22.5 Å². The maximum absolute atomic E-state index is 11.9. The number of hydrogen-bond donors (Lipinski definition) is 2. The summed E-state index contributed by atoms with van der Waals surface area (Å²) in [5.74, 6) is -0.0819. The molecule has 0 fully saturated rings. The Morgan fingerprint density at radius 1 is 1.37 bits per heavy atom. The Morgan fingerprint density at radius 3 is 2.79 bits per heavy atom. The molecule has 100 valence electrons. The summed E-state index contributed by atoms with van der Waals surface area (Å²) in [4.78, 5) is 16.3. The average molecular weight is 257 g/mol. The Labute approximate surface area is 113 Å². The summed E-state index contributed by atoms with van der Waals surface area (Å²) in [7, 11) is 0. The monoisotopic (exact) mass is 257 g/mol. The Balaban J connectivity index is 2.31. The number of nitrogens with one attached hydrogen (secondary N) is 1. The predicted octanol–water partition coefficient (Wildman–Crippen LogP) is 2.61. The minimum absolute atomic E-state index is 0.0819. The highest BCUT2D eigenvalue weighted by molar-refractivity contribution is 6.02. The molecule has 0 spiro atoms. The number of aromatic nitrogens is 1. The fraction of sp³-hybridized carbons (Fsp3) is 0.333. The maximum atomic E-state index is 11.9. The van der Waals surface area contributed by atoms with Gasteiger partial charge in [0, 0.05) is 23.5 Å². The van der Waals surface area contributed by atoms with Gasteiger partial charge in [-0.3, -0.25) is 9.78 Å². The number of rotatable bonds is 3. The van der Waals surface area contributed by atoms with E-state index in [0.717, 1.165) is 22.2 Å². The fourth-order valence-electron chi connectivity index (χ4n) is 2.03. The van der Waals surface area contributed by atoms with Gasteiger partial charge in [-0.15, -0.1) is 0 Å². The summed E-state index contributed by atoms with van der Waals surface area (Å²) < 4.78 is 0. The first-order valence-electron chi connectivity index (χ1n) is 6.30. The fourth-order valence-corrected chi connectivity index (χ4v) is 2.03. The molecule has 0 aliphatic heterocycles. The van der Waals surface area contributed by atoms with E-state index in [2.05, 4.69) is 10.3 Å². The van der Waals surface area contributed by atoms with Crippen LogP contribution in [-0.4, -0.2) is 16.4 Å². The lowest BCUT2D eigenvalue weighted by Crippen LogP contribution is -2.36. The largest absolute Gasteiger partial charge is 0.325 e. The van der Waals surface area contributed by atoms with Crippen LogP contribution in [0.15, 0.2) is 30.5 Å². The number of nitrogens with two attached hydrogens (primary N) is 1. The van der Waals surface area contributed by atoms with Crippen molar-refractivity contribution in [3.05, 3.63) is 36.0 Å². The van der Waals surface area contributed by atoms with Gasteiger partial charge in [-0.05, 0) is 44.5 Å². The van der Waals surface area contributed by atoms with Crippen LogP contribution in [0.1, 0.15) is 25.8 Å². The molecule has 1 aromatic carbocycles. The van der Waals surface area contributed by atoms with Gasteiger partial charge in [-0.1, -0.05) is 6.07 Å². The smallest absolute Gasteiger partial charge is 0.226 e. The molecule has 4 heteroatoms. The number of carbonyl (C=O) groups excluding carboxylic acids is 1. The van der Waals surface area contributed by atoms with Crippen molar-refractivity contribution in [1.82, 2.24) is 4.98 Å². The summed E-state index contributed by atoms with van der Waals surface area (Å²) in [6.07, 6.45) is 2.03. The molecule has 4 nitrogen and oxygen atoms in total. The molecule has 1 heterocycles. The molecule has 0 radical (unpaired) electrons. The van der Waals surface area contributed by atoms with Crippen LogP contribution in [0.5, 0.6) is 0 Å². The average Bonchev–Trinajstić information content (AvgIpc) is 2.31.